The van der Waals surface area contributed by atoms with E-state index in [9.17, 15) is 9.90 Å². The second-order valence-electron chi connectivity index (χ2n) is 11.5. The molecular formula is C33H46N4O4. The van der Waals surface area contributed by atoms with Crippen molar-refractivity contribution in [2.45, 2.75) is 97.1 Å². The second kappa shape index (κ2) is 15.6. The number of rotatable bonds is 15. The van der Waals surface area contributed by atoms with Gasteiger partial charge < -0.3 is 25.6 Å². The van der Waals surface area contributed by atoms with Gasteiger partial charge in [-0.1, -0.05) is 69.0 Å². The molecule has 222 valence electrons. The summed E-state index contributed by atoms with van der Waals surface area (Å²) in [5.74, 6) is 1.15. The van der Waals surface area contributed by atoms with Gasteiger partial charge in [-0.2, -0.15) is 0 Å². The Labute approximate surface area is 244 Å². The van der Waals surface area contributed by atoms with E-state index >= 15 is 0 Å². The predicted octanol–water partition coefficient (Wildman–Crippen LogP) is 5.67. The predicted molar refractivity (Wildman–Crippen MR) is 163 cm³/mol. The number of unbranched alkanes of at least 4 members (excludes halogenated alkanes) is 4. The van der Waals surface area contributed by atoms with Crippen molar-refractivity contribution in [3.05, 3.63) is 66.5 Å². The van der Waals surface area contributed by atoms with E-state index in [0.717, 1.165) is 41.0 Å². The van der Waals surface area contributed by atoms with Crippen LogP contribution in [0.1, 0.15) is 72.3 Å². The summed E-state index contributed by atoms with van der Waals surface area (Å²) in [5.41, 5.74) is 9.35. The third-order valence-corrected chi connectivity index (χ3v) is 6.63. The Bertz CT molecular complexity index is 1190. The molecular weight excluding hydrogens is 516 g/mol. The Morgan fingerprint density at radius 2 is 1.54 bits per heavy atom. The molecule has 2 aromatic carbocycles. The van der Waals surface area contributed by atoms with Crippen molar-refractivity contribution in [3.8, 4) is 28.3 Å². The van der Waals surface area contributed by atoms with Gasteiger partial charge >= 0.3 is 0 Å². The van der Waals surface area contributed by atoms with E-state index in [1.807, 2.05) is 81.7 Å². The highest BCUT2D eigenvalue weighted by molar-refractivity contribution is 5.82. The standard InChI is InChI=1S/C33H46N4O4/c1-6-7-8-9-10-19-40-28-17-15-25(16-18-28)27-21-35-30(36-22-27)26-13-11-24(12-14-26)20-29(34)31(38)37-23(2)32(39)41-33(3,4)5/h11-18,21-23,29,32,39H,6-10,19-20,34H2,1-5H3,(H,37,38). The molecule has 41 heavy (non-hydrogen) atoms. The molecule has 4 N–H and O–H groups in total. The van der Waals surface area contributed by atoms with Gasteiger partial charge in [-0.05, 0) is 63.8 Å². The molecule has 0 radical (unpaired) electrons. The maximum absolute atomic E-state index is 12.5. The van der Waals surface area contributed by atoms with Crippen LogP contribution < -0.4 is 15.8 Å². The fourth-order valence-corrected chi connectivity index (χ4v) is 4.27. The molecule has 3 unspecified atom stereocenters. The molecule has 0 aliphatic heterocycles. The van der Waals surface area contributed by atoms with Crippen LogP contribution in [0.3, 0.4) is 0 Å². The van der Waals surface area contributed by atoms with Crippen LogP contribution >= 0.6 is 0 Å². The van der Waals surface area contributed by atoms with E-state index in [-0.39, 0.29) is 5.91 Å². The minimum atomic E-state index is -1.12. The summed E-state index contributed by atoms with van der Waals surface area (Å²) in [4.78, 5) is 21.7. The first-order chi connectivity index (χ1) is 19.6. The number of aromatic nitrogens is 2. The molecule has 3 atom stereocenters. The lowest BCUT2D eigenvalue weighted by molar-refractivity contribution is -0.179. The third-order valence-electron chi connectivity index (χ3n) is 6.63. The Morgan fingerprint density at radius 1 is 0.927 bits per heavy atom. The Balaban J connectivity index is 1.50. The van der Waals surface area contributed by atoms with Crippen LogP contribution in [0.4, 0.5) is 0 Å². The van der Waals surface area contributed by atoms with Crippen molar-refractivity contribution in [1.29, 1.82) is 0 Å². The minimum Gasteiger partial charge on any atom is -0.494 e. The third kappa shape index (κ3) is 10.9. The van der Waals surface area contributed by atoms with Crippen LogP contribution in [-0.4, -0.2) is 51.6 Å². The Morgan fingerprint density at radius 3 is 2.15 bits per heavy atom. The molecule has 1 amide bonds. The van der Waals surface area contributed by atoms with Gasteiger partial charge in [-0.3, -0.25) is 4.79 Å². The lowest BCUT2D eigenvalue weighted by Gasteiger charge is -2.28. The monoisotopic (exact) mass is 562 g/mol. The van der Waals surface area contributed by atoms with Gasteiger partial charge in [0.25, 0.3) is 0 Å². The zero-order valence-electron chi connectivity index (χ0n) is 25.1. The van der Waals surface area contributed by atoms with Gasteiger partial charge in [0.05, 0.1) is 24.3 Å². The number of carbonyl (C=O) groups is 1. The summed E-state index contributed by atoms with van der Waals surface area (Å²) >= 11 is 0. The van der Waals surface area contributed by atoms with E-state index < -0.39 is 24.0 Å². The normalized spacial score (nSPS) is 13.8. The van der Waals surface area contributed by atoms with Gasteiger partial charge in [0.2, 0.25) is 5.91 Å². The van der Waals surface area contributed by atoms with Crippen LogP contribution in [0.2, 0.25) is 0 Å². The van der Waals surface area contributed by atoms with E-state index in [4.69, 9.17) is 15.2 Å². The number of aliphatic hydroxyl groups is 1. The van der Waals surface area contributed by atoms with Crippen LogP contribution in [0, 0.1) is 0 Å². The maximum Gasteiger partial charge on any atom is 0.237 e. The van der Waals surface area contributed by atoms with Crippen molar-refractivity contribution < 1.29 is 19.4 Å². The molecule has 3 rings (SSSR count). The summed E-state index contributed by atoms with van der Waals surface area (Å²) in [6.07, 6.45) is 8.97. The average molecular weight is 563 g/mol. The van der Waals surface area contributed by atoms with E-state index in [1.165, 1.54) is 25.7 Å². The number of nitrogens with zero attached hydrogens (tertiary/aromatic N) is 2. The molecule has 0 spiro atoms. The van der Waals surface area contributed by atoms with Crippen molar-refractivity contribution in [3.63, 3.8) is 0 Å². The van der Waals surface area contributed by atoms with Gasteiger partial charge in [0, 0.05) is 23.5 Å². The number of amides is 1. The first kappa shape index (κ1) is 32.2. The van der Waals surface area contributed by atoms with Crippen LogP contribution in [0.25, 0.3) is 22.5 Å². The first-order valence-corrected chi connectivity index (χ1v) is 14.6. The van der Waals surface area contributed by atoms with Crippen molar-refractivity contribution in [2.75, 3.05) is 6.61 Å². The van der Waals surface area contributed by atoms with Crippen molar-refractivity contribution >= 4 is 5.91 Å². The quantitative estimate of drug-likeness (QED) is 0.161. The van der Waals surface area contributed by atoms with Crippen molar-refractivity contribution in [2.24, 2.45) is 5.73 Å². The molecule has 0 saturated carbocycles. The molecule has 0 fully saturated rings. The van der Waals surface area contributed by atoms with Crippen LogP contribution in [0.5, 0.6) is 5.75 Å². The fraction of sp³-hybridized carbons (Fsp3) is 0.485. The molecule has 0 saturated heterocycles. The topological polar surface area (TPSA) is 120 Å². The van der Waals surface area contributed by atoms with Gasteiger partial charge in [-0.25, -0.2) is 9.97 Å². The van der Waals surface area contributed by atoms with Crippen LogP contribution in [0.15, 0.2) is 60.9 Å². The summed E-state index contributed by atoms with van der Waals surface area (Å²) in [5, 5.41) is 12.9. The zero-order chi connectivity index (χ0) is 29.8. The highest BCUT2D eigenvalue weighted by Crippen LogP contribution is 2.23. The molecule has 8 nitrogen and oxygen atoms in total. The molecule has 0 aliphatic carbocycles. The maximum atomic E-state index is 12.5. The number of benzene rings is 2. The number of carbonyl (C=O) groups excluding carboxylic acids is 1. The molecule has 3 aromatic rings. The highest BCUT2D eigenvalue weighted by atomic mass is 16.6. The summed E-state index contributed by atoms with van der Waals surface area (Å²) < 4.78 is 11.4. The second-order valence-corrected chi connectivity index (χ2v) is 11.5. The SMILES string of the molecule is CCCCCCCOc1ccc(-c2cnc(-c3ccc(CC(N)C(=O)NC(C)C(O)OC(C)(C)C)cc3)nc2)cc1. The van der Waals surface area contributed by atoms with E-state index in [2.05, 4.69) is 22.2 Å². The summed E-state index contributed by atoms with van der Waals surface area (Å²) in [6, 6.07) is 14.4. The molecule has 1 heterocycles. The highest BCUT2D eigenvalue weighted by Gasteiger charge is 2.25. The average Bonchev–Trinajstić information content (AvgIpc) is 2.95. The van der Waals surface area contributed by atoms with Gasteiger partial charge in [-0.15, -0.1) is 0 Å². The lowest BCUT2D eigenvalue weighted by Crippen LogP contribution is -2.50. The largest absolute Gasteiger partial charge is 0.494 e. The van der Waals surface area contributed by atoms with E-state index in [0.29, 0.717) is 12.2 Å². The lowest BCUT2D eigenvalue weighted by atomic mass is 10.0. The van der Waals surface area contributed by atoms with Gasteiger partial charge in [0.15, 0.2) is 12.1 Å². The smallest absolute Gasteiger partial charge is 0.237 e. The van der Waals surface area contributed by atoms with Gasteiger partial charge in [0.1, 0.15) is 5.75 Å². The van der Waals surface area contributed by atoms with Crippen LogP contribution in [-0.2, 0) is 16.0 Å². The Hall–Kier alpha value is -3.33. The molecule has 0 bridgehead atoms. The minimum absolute atomic E-state index is 0.348. The Kier molecular flexibility index (Phi) is 12.3. The molecule has 0 aliphatic rings. The number of ether oxygens (including phenoxy) is 2. The molecule has 8 heteroatoms. The number of nitrogens with one attached hydrogen (secondary N) is 1. The summed E-state index contributed by atoms with van der Waals surface area (Å²) in [6.45, 7) is 10.2. The zero-order valence-corrected chi connectivity index (χ0v) is 25.1. The van der Waals surface area contributed by atoms with Crippen molar-refractivity contribution in [1.82, 2.24) is 15.3 Å². The fourth-order valence-electron chi connectivity index (χ4n) is 4.27. The molecule has 1 aromatic heterocycles. The number of hydrogen-bond donors (Lipinski definition) is 3. The van der Waals surface area contributed by atoms with E-state index in [1.54, 1.807) is 6.92 Å². The first-order valence-electron chi connectivity index (χ1n) is 14.6. The number of aliphatic hydroxyl groups excluding tert-OH is 1. The number of nitrogens with two attached hydrogens (primary N) is 1. The number of hydrogen-bond acceptors (Lipinski definition) is 7. The summed E-state index contributed by atoms with van der Waals surface area (Å²) in [7, 11) is 0.